The maximum atomic E-state index is 5.85. The summed E-state index contributed by atoms with van der Waals surface area (Å²) in [5.74, 6) is 0. The highest BCUT2D eigenvalue weighted by Gasteiger charge is 2.22. The van der Waals surface area contributed by atoms with E-state index in [0.29, 0.717) is 12.2 Å². The van der Waals surface area contributed by atoms with Gasteiger partial charge in [0, 0.05) is 6.04 Å². The van der Waals surface area contributed by atoms with Gasteiger partial charge in [0.25, 0.3) is 0 Å². The molecule has 2 fully saturated rings. The van der Waals surface area contributed by atoms with Crippen LogP contribution in [0.3, 0.4) is 0 Å². The van der Waals surface area contributed by atoms with Crippen LogP contribution in [-0.2, 0) is 4.74 Å². The third-order valence-corrected chi connectivity index (χ3v) is 3.04. The van der Waals surface area contributed by atoms with Gasteiger partial charge in [-0.25, -0.2) is 0 Å². The first-order valence-electron chi connectivity index (χ1n) is 5.73. The lowest BCUT2D eigenvalue weighted by Gasteiger charge is -2.29. The van der Waals surface area contributed by atoms with Crippen LogP contribution in [0.2, 0.25) is 0 Å². The Balaban J connectivity index is 1.47. The maximum Gasteiger partial charge on any atom is 0.0578 e. The van der Waals surface area contributed by atoms with Gasteiger partial charge in [0.05, 0.1) is 12.2 Å². The molecule has 2 aliphatic carbocycles. The monoisotopic (exact) mass is 183 g/mol. The molecule has 76 valence electrons. The van der Waals surface area contributed by atoms with Crippen LogP contribution >= 0.6 is 0 Å². The van der Waals surface area contributed by atoms with Crippen molar-refractivity contribution in [3.63, 3.8) is 0 Å². The van der Waals surface area contributed by atoms with Crippen LogP contribution < -0.4 is 5.32 Å². The van der Waals surface area contributed by atoms with Gasteiger partial charge in [0.2, 0.25) is 0 Å². The van der Waals surface area contributed by atoms with Crippen molar-refractivity contribution < 1.29 is 4.74 Å². The van der Waals surface area contributed by atoms with Crippen LogP contribution in [0.25, 0.3) is 0 Å². The van der Waals surface area contributed by atoms with Gasteiger partial charge in [-0.1, -0.05) is 0 Å². The Morgan fingerprint density at radius 1 is 1.31 bits per heavy atom. The zero-order valence-corrected chi connectivity index (χ0v) is 8.59. The zero-order chi connectivity index (χ0) is 9.10. The van der Waals surface area contributed by atoms with E-state index in [0.717, 1.165) is 12.6 Å². The van der Waals surface area contributed by atoms with Gasteiger partial charge in [-0.15, -0.1) is 0 Å². The van der Waals surface area contributed by atoms with Crippen LogP contribution in [0, 0.1) is 0 Å². The Kier molecular flexibility index (Phi) is 3.23. The molecular formula is C11H21NO. The SMILES string of the molecule is CC(CCNC1CC1)OC1CCC1. The predicted molar refractivity (Wildman–Crippen MR) is 53.8 cm³/mol. The summed E-state index contributed by atoms with van der Waals surface area (Å²) in [5.41, 5.74) is 0. The van der Waals surface area contributed by atoms with Gasteiger partial charge in [-0.2, -0.15) is 0 Å². The Morgan fingerprint density at radius 3 is 2.62 bits per heavy atom. The largest absolute Gasteiger partial charge is 0.375 e. The summed E-state index contributed by atoms with van der Waals surface area (Å²) in [5, 5.41) is 3.52. The van der Waals surface area contributed by atoms with Gasteiger partial charge in [-0.05, 0) is 52.0 Å². The zero-order valence-electron chi connectivity index (χ0n) is 8.59. The smallest absolute Gasteiger partial charge is 0.0578 e. The topological polar surface area (TPSA) is 21.3 Å². The van der Waals surface area contributed by atoms with Gasteiger partial charge >= 0.3 is 0 Å². The van der Waals surface area contributed by atoms with Crippen LogP contribution in [-0.4, -0.2) is 24.8 Å². The van der Waals surface area contributed by atoms with Gasteiger partial charge in [-0.3, -0.25) is 0 Å². The lowest BCUT2D eigenvalue weighted by Crippen LogP contribution is -2.29. The predicted octanol–water partition coefficient (Wildman–Crippen LogP) is 2.09. The van der Waals surface area contributed by atoms with E-state index in [1.165, 1.54) is 38.5 Å². The molecule has 1 N–H and O–H groups in total. The van der Waals surface area contributed by atoms with E-state index in [2.05, 4.69) is 12.2 Å². The summed E-state index contributed by atoms with van der Waals surface area (Å²) in [6, 6.07) is 0.843. The Bertz CT molecular complexity index is 152. The Labute approximate surface area is 81.0 Å². The van der Waals surface area contributed by atoms with E-state index in [1.54, 1.807) is 0 Å². The fourth-order valence-electron chi connectivity index (χ4n) is 1.68. The van der Waals surface area contributed by atoms with Crippen molar-refractivity contribution >= 4 is 0 Å². The molecular weight excluding hydrogens is 162 g/mol. The molecule has 1 atom stereocenters. The molecule has 2 heteroatoms. The summed E-state index contributed by atoms with van der Waals surface area (Å²) >= 11 is 0. The van der Waals surface area contributed by atoms with E-state index in [-0.39, 0.29) is 0 Å². The first kappa shape index (κ1) is 9.47. The molecule has 2 saturated carbocycles. The van der Waals surface area contributed by atoms with Crippen molar-refractivity contribution in [1.82, 2.24) is 5.32 Å². The number of rotatable bonds is 6. The molecule has 2 nitrogen and oxygen atoms in total. The van der Waals surface area contributed by atoms with E-state index in [9.17, 15) is 0 Å². The van der Waals surface area contributed by atoms with Crippen molar-refractivity contribution in [2.75, 3.05) is 6.54 Å². The second-order valence-corrected chi connectivity index (χ2v) is 4.52. The molecule has 0 aromatic carbocycles. The molecule has 0 saturated heterocycles. The molecule has 0 amide bonds. The van der Waals surface area contributed by atoms with Crippen LogP contribution in [0.4, 0.5) is 0 Å². The van der Waals surface area contributed by atoms with Gasteiger partial charge in [0.15, 0.2) is 0 Å². The lowest BCUT2D eigenvalue weighted by molar-refractivity contribution is -0.0455. The molecule has 0 radical (unpaired) electrons. The van der Waals surface area contributed by atoms with E-state index >= 15 is 0 Å². The third-order valence-electron chi connectivity index (χ3n) is 3.04. The van der Waals surface area contributed by atoms with E-state index in [1.807, 2.05) is 0 Å². The summed E-state index contributed by atoms with van der Waals surface area (Å²) in [6.45, 7) is 3.34. The first-order chi connectivity index (χ1) is 6.34. The molecule has 0 spiro atoms. The number of ether oxygens (including phenoxy) is 1. The second kappa shape index (κ2) is 4.43. The summed E-state index contributed by atoms with van der Waals surface area (Å²) in [6.07, 6.45) is 8.95. The fraction of sp³-hybridized carbons (Fsp3) is 1.00. The average molecular weight is 183 g/mol. The Morgan fingerprint density at radius 2 is 2.08 bits per heavy atom. The normalized spacial score (nSPS) is 25.6. The maximum absolute atomic E-state index is 5.85. The summed E-state index contributed by atoms with van der Waals surface area (Å²) < 4.78 is 5.85. The molecule has 1 unspecified atom stereocenters. The highest BCUT2D eigenvalue weighted by Crippen LogP contribution is 2.24. The van der Waals surface area contributed by atoms with Crippen molar-refractivity contribution in [3.05, 3.63) is 0 Å². The van der Waals surface area contributed by atoms with Gasteiger partial charge in [0.1, 0.15) is 0 Å². The highest BCUT2D eigenvalue weighted by molar-refractivity contribution is 4.81. The van der Waals surface area contributed by atoms with Crippen LogP contribution in [0.15, 0.2) is 0 Å². The summed E-state index contributed by atoms with van der Waals surface area (Å²) in [7, 11) is 0. The molecule has 2 rings (SSSR count). The molecule has 0 heterocycles. The minimum atomic E-state index is 0.455. The lowest BCUT2D eigenvalue weighted by atomic mass is 9.96. The summed E-state index contributed by atoms with van der Waals surface area (Å²) in [4.78, 5) is 0. The van der Waals surface area contributed by atoms with Crippen molar-refractivity contribution in [2.45, 2.75) is 63.7 Å². The van der Waals surface area contributed by atoms with E-state index < -0.39 is 0 Å². The number of hydrogen-bond acceptors (Lipinski definition) is 2. The van der Waals surface area contributed by atoms with Gasteiger partial charge < -0.3 is 10.1 Å². The second-order valence-electron chi connectivity index (χ2n) is 4.52. The van der Waals surface area contributed by atoms with Crippen molar-refractivity contribution in [1.29, 1.82) is 0 Å². The van der Waals surface area contributed by atoms with Crippen molar-refractivity contribution in [2.24, 2.45) is 0 Å². The molecule has 13 heavy (non-hydrogen) atoms. The number of nitrogens with one attached hydrogen (secondary N) is 1. The first-order valence-corrected chi connectivity index (χ1v) is 5.73. The highest BCUT2D eigenvalue weighted by atomic mass is 16.5. The van der Waals surface area contributed by atoms with Crippen molar-refractivity contribution in [3.8, 4) is 0 Å². The molecule has 0 bridgehead atoms. The standard InChI is InChI=1S/C11H21NO/c1-9(13-11-3-2-4-11)7-8-12-10-5-6-10/h9-12H,2-8H2,1H3. The molecule has 0 aromatic rings. The molecule has 0 aliphatic heterocycles. The molecule has 2 aliphatic rings. The minimum absolute atomic E-state index is 0.455. The van der Waals surface area contributed by atoms with Crippen LogP contribution in [0.5, 0.6) is 0 Å². The fourth-order valence-corrected chi connectivity index (χ4v) is 1.68. The molecule has 0 aromatic heterocycles. The van der Waals surface area contributed by atoms with Crippen LogP contribution in [0.1, 0.15) is 45.4 Å². The van der Waals surface area contributed by atoms with E-state index in [4.69, 9.17) is 4.74 Å². The quantitative estimate of drug-likeness (QED) is 0.681. The number of hydrogen-bond donors (Lipinski definition) is 1. The Hall–Kier alpha value is -0.0800. The average Bonchev–Trinajstić information content (AvgIpc) is 2.81. The minimum Gasteiger partial charge on any atom is -0.375 e. The third kappa shape index (κ3) is 3.28.